The second-order valence-corrected chi connectivity index (χ2v) is 9.00. The fourth-order valence-corrected chi connectivity index (χ4v) is 5.43. The molecule has 0 spiro atoms. The summed E-state index contributed by atoms with van der Waals surface area (Å²) in [6.45, 7) is 12.9. The highest BCUT2D eigenvalue weighted by atomic mass is 32.2. The van der Waals surface area contributed by atoms with Gasteiger partial charge >= 0.3 is 0 Å². The Bertz CT molecular complexity index is 536. The quantitative estimate of drug-likeness (QED) is 0.706. The molecule has 0 bridgehead atoms. The van der Waals surface area contributed by atoms with E-state index in [2.05, 4.69) is 12.2 Å². The van der Waals surface area contributed by atoms with Gasteiger partial charge in [0.1, 0.15) is 4.21 Å². The van der Waals surface area contributed by atoms with E-state index in [1.165, 1.54) is 11.3 Å². The van der Waals surface area contributed by atoms with E-state index < -0.39 is 10.0 Å². The number of sulfonamides is 1. The maximum atomic E-state index is 12.7. The molecule has 1 aromatic rings. The molecule has 0 fully saturated rings. The average Bonchev–Trinajstić information content (AvgIpc) is 2.78. The van der Waals surface area contributed by atoms with Gasteiger partial charge in [-0.2, -0.15) is 4.31 Å². The predicted octanol–water partition coefficient (Wildman–Crippen LogP) is 3.22. The lowest BCUT2D eigenvalue weighted by molar-refractivity contribution is 0.382. The van der Waals surface area contributed by atoms with Crippen LogP contribution in [0.5, 0.6) is 0 Å². The smallest absolute Gasteiger partial charge is 0.252 e. The summed E-state index contributed by atoms with van der Waals surface area (Å²) in [5.41, 5.74) is 1.06. The van der Waals surface area contributed by atoms with Crippen molar-refractivity contribution < 1.29 is 8.42 Å². The first-order valence-corrected chi connectivity index (χ1v) is 9.88. The van der Waals surface area contributed by atoms with Crippen LogP contribution in [0, 0.1) is 12.8 Å². The van der Waals surface area contributed by atoms with Crippen LogP contribution in [0.1, 0.15) is 44.6 Å². The number of nitrogens with one attached hydrogen (secondary N) is 1. The molecule has 4 nitrogen and oxygen atoms in total. The molecule has 0 aromatic carbocycles. The topological polar surface area (TPSA) is 49.4 Å². The van der Waals surface area contributed by atoms with Gasteiger partial charge in [-0.3, -0.25) is 0 Å². The van der Waals surface area contributed by atoms with Crippen molar-refractivity contribution in [2.45, 2.75) is 51.8 Å². The van der Waals surface area contributed by atoms with Gasteiger partial charge in [0.2, 0.25) is 0 Å². The summed E-state index contributed by atoms with van der Waals surface area (Å²) < 4.78 is 27.5. The molecular formula is C15H28N2O2S2. The Morgan fingerprint density at radius 1 is 1.33 bits per heavy atom. The van der Waals surface area contributed by atoms with Gasteiger partial charge in [0.25, 0.3) is 10.0 Å². The Kier molecular flexibility index (Phi) is 7.33. The van der Waals surface area contributed by atoms with E-state index in [4.69, 9.17) is 0 Å². The minimum atomic E-state index is -3.35. The SMILES string of the molecule is CCCNCc1sc(S(=O)(=O)N(CC)CC(C)C)cc1C. The Morgan fingerprint density at radius 3 is 2.52 bits per heavy atom. The van der Waals surface area contributed by atoms with Gasteiger partial charge in [0.05, 0.1) is 0 Å². The van der Waals surface area contributed by atoms with E-state index >= 15 is 0 Å². The summed E-state index contributed by atoms with van der Waals surface area (Å²) in [5.74, 6) is 0.325. The normalized spacial score (nSPS) is 12.5. The van der Waals surface area contributed by atoms with Crippen molar-refractivity contribution in [3.8, 4) is 0 Å². The number of hydrogen-bond acceptors (Lipinski definition) is 4. The van der Waals surface area contributed by atoms with E-state index in [0.29, 0.717) is 23.2 Å². The van der Waals surface area contributed by atoms with E-state index in [-0.39, 0.29) is 0 Å². The number of thiophene rings is 1. The Balaban J connectivity index is 2.95. The van der Waals surface area contributed by atoms with Crippen LogP contribution in [0.25, 0.3) is 0 Å². The molecule has 1 heterocycles. The van der Waals surface area contributed by atoms with E-state index in [1.807, 2.05) is 33.8 Å². The lowest BCUT2D eigenvalue weighted by Crippen LogP contribution is -2.33. The molecular weight excluding hydrogens is 304 g/mol. The monoisotopic (exact) mass is 332 g/mol. The summed E-state index contributed by atoms with van der Waals surface area (Å²) in [7, 11) is -3.35. The summed E-state index contributed by atoms with van der Waals surface area (Å²) in [4.78, 5) is 1.11. The van der Waals surface area contributed by atoms with Crippen molar-refractivity contribution in [1.29, 1.82) is 0 Å². The van der Waals surface area contributed by atoms with Crippen molar-refractivity contribution in [2.24, 2.45) is 5.92 Å². The fourth-order valence-electron chi connectivity index (χ4n) is 2.10. The van der Waals surface area contributed by atoms with Crippen LogP contribution in [-0.2, 0) is 16.6 Å². The van der Waals surface area contributed by atoms with Gasteiger partial charge in [-0.05, 0) is 37.4 Å². The Morgan fingerprint density at radius 2 is 2.00 bits per heavy atom. The van der Waals surface area contributed by atoms with Crippen molar-refractivity contribution in [1.82, 2.24) is 9.62 Å². The van der Waals surface area contributed by atoms with Crippen molar-refractivity contribution >= 4 is 21.4 Å². The van der Waals surface area contributed by atoms with Crippen LogP contribution in [-0.4, -0.2) is 32.4 Å². The zero-order chi connectivity index (χ0) is 16.0. The zero-order valence-electron chi connectivity index (χ0n) is 13.8. The summed E-state index contributed by atoms with van der Waals surface area (Å²) in [6, 6.07) is 1.81. The van der Waals surface area contributed by atoms with Gasteiger partial charge in [0.15, 0.2) is 0 Å². The molecule has 0 saturated carbocycles. The van der Waals surface area contributed by atoms with Crippen LogP contribution >= 0.6 is 11.3 Å². The summed E-state index contributed by atoms with van der Waals surface area (Å²) in [6.07, 6.45) is 1.08. The van der Waals surface area contributed by atoms with Crippen molar-refractivity contribution in [3.05, 3.63) is 16.5 Å². The van der Waals surface area contributed by atoms with Gasteiger partial charge < -0.3 is 5.32 Å². The molecule has 1 aromatic heterocycles. The molecule has 1 N–H and O–H groups in total. The van der Waals surface area contributed by atoms with Crippen molar-refractivity contribution in [2.75, 3.05) is 19.6 Å². The molecule has 0 unspecified atom stereocenters. The van der Waals surface area contributed by atoms with E-state index in [1.54, 1.807) is 4.31 Å². The second kappa shape index (κ2) is 8.27. The molecule has 0 saturated heterocycles. The first-order chi connectivity index (χ1) is 9.82. The lowest BCUT2D eigenvalue weighted by Gasteiger charge is -2.21. The highest BCUT2D eigenvalue weighted by molar-refractivity contribution is 7.91. The molecule has 0 amide bonds. The molecule has 0 atom stereocenters. The molecule has 1 rings (SSSR count). The Labute approximate surface area is 133 Å². The minimum absolute atomic E-state index is 0.325. The van der Waals surface area contributed by atoms with E-state index in [0.717, 1.165) is 30.0 Å². The standard InChI is InChI=1S/C15H28N2O2S2/c1-6-8-16-10-14-13(5)9-15(20-14)21(18,19)17(7-2)11-12(3)4/h9,12,16H,6-8,10-11H2,1-5H3. The van der Waals surface area contributed by atoms with Crippen LogP contribution in [0.3, 0.4) is 0 Å². The molecule has 0 aliphatic heterocycles. The highest BCUT2D eigenvalue weighted by Gasteiger charge is 2.26. The van der Waals surface area contributed by atoms with Crippen LogP contribution in [0.2, 0.25) is 0 Å². The zero-order valence-corrected chi connectivity index (χ0v) is 15.4. The second-order valence-electron chi connectivity index (χ2n) is 5.70. The first kappa shape index (κ1) is 18.6. The number of aryl methyl sites for hydroxylation is 1. The van der Waals surface area contributed by atoms with Gasteiger partial charge in [-0.1, -0.05) is 27.7 Å². The molecule has 21 heavy (non-hydrogen) atoms. The third-order valence-corrected chi connectivity index (χ3v) is 6.85. The van der Waals surface area contributed by atoms with Crippen molar-refractivity contribution in [3.63, 3.8) is 0 Å². The number of rotatable bonds is 9. The first-order valence-electron chi connectivity index (χ1n) is 7.63. The van der Waals surface area contributed by atoms with Gasteiger partial charge in [-0.25, -0.2) is 8.42 Å². The maximum Gasteiger partial charge on any atom is 0.252 e. The average molecular weight is 333 g/mol. The van der Waals surface area contributed by atoms with Crippen LogP contribution in [0.15, 0.2) is 10.3 Å². The van der Waals surface area contributed by atoms with Crippen LogP contribution in [0.4, 0.5) is 0 Å². The van der Waals surface area contributed by atoms with Gasteiger partial charge in [0, 0.05) is 24.5 Å². The maximum absolute atomic E-state index is 12.7. The molecule has 0 aliphatic rings. The number of nitrogens with zero attached hydrogens (tertiary/aromatic N) is 1. The third-order valence-electron chi connectivity index (χ3n) is 3.23. The van der Waals surface area contributed by atoms with Crippen LogP contribution < -0.4 is 5.32 Å². The largest absolute Gasteiger partial charge is 0.312 e. The summed E-state index contributed by atoms with van der Waals surface area (Å²) >= 11 is 1.40. The molecule has 122 valence electrons. The van der Waals surface area contributed by atoms with E-state index in [9.17, 15) is 8.42 Å². The highest BCUT2D eigenvalue weighted by Crippen LogP contribution is 2.28. The third kappa shape index (κ3) is 5.06. The Hall–Kier alpha value is -0.430. The summed E-state index contributed by atoms with van der Waals surface area (Å²) in [5, 5.41) is 3.33. The molecule has 0 radical (unpaired) electrons. The lowest BCUT2D eigenvalue weighted by atomic mass is 10.2. The molecule has 6 heteroatoms. The van der Waals surface area contributed by atoms with Gasteiger partial charge in [-0.15, -0.1) is 11.3 Å². The predicted molar refractivity (Wildman–Crippen MR) is 90.3 cm³/mol. The fraction of sp³-hybridized carbons (Fsp3) is 0.733. The molecule has 0 aliphatic carbocycles. The minimum Gasteiger partial charge on any atom is -0.312 e. The number of hydrogen-bond donors (Lipinski definition) is 1.